The molecule has 0 spiro atoms. The van der Waals surface area contributed by atoms with Gasteiger partial charge in [-0.3, -0.25) is 4.40 Å². The van der Waals surface area contributed by atoms with E-state index in [2.05, 4.69) is 50.3 Å². The van der Waals surface area contributed by atoms with Crippen molar-refractivity contribution < 1.29 is 4.74 Å². The van der Waals surface area contributed by atoms with E-state index in [4.69, 9.17) is 9.72 Å². The van der Waals surface area contributed by atoms with Crippen molar-refractivity contribution in [2.24, 2.45) is 0 Å². The number of nitrogens with one attached hydrogen (secondary N) is 1. The molecule has 5 rings (SSSR count). The topological polar surface area (TPSA) is 80.5 Å². The average Bonchev–Trinajstić information content (AvgIpc) is 3.20. The van der Waals surface area contributed by atoms with Crippen molar-refractivity contribution in [3.63, 3.8) is 0 Å². The van der Waals surface area contributed by atoms with Crippen LogP contribution in [0.25, 0.3) is 16.7 Å². The molecule has 1 aliphatic rings. The maximum Gasteiger partial charge on any atom is 0.230 e. The Hall–Kier alpha value is -3.26. The number of ether oxygens (including phenoxy) is 1. The zero-order valence-corrected chi connectivity index (χ0v) is 17.5. The molecule has 0 bridgehead atoms. The van der Waals surface area contributed by atoms with Gasteiger partial charge in [0.1, 0.15) is 11.5 Å². The van der Waals surface area contributed by atoms with Crippen LogP contribution in [-0.4, -0.2) is 50.6 Å². The Balaban J connectivity index is 1.48. The number of aryl methyl sites for hydroxylation is 1. The van der Waals surface area contributed by atoms with Crippen LogP contribution in [-0.2, 0) is 4.74 Å². The summed E-state index contributed by atoms with van der Waals surface area (Å²) in [7, 11) is 0. The Kier molecular flexibility index (Phi) is 4.71. The largest absolute Gasteiger partial charge is 0.378 e. The van der Waals surface area contributed by atoms with Crippen LogP contribution in [0, 0.1) is 6.92 Å². The van der Waals surface area contributed by atoms with Crippen molar-refractivity contribution in [3.8, 4) is 0 Å². The molecule has 8 heteroatoms. The van der Waals surface area contributed by atoms with E-state index in [1.165, 1.54) is 0 Å². The summed E-state index contributed by atoms with van der Waals surface area (Å²) in [5, 5.41) is 4.23. The highest BCUT2D eigenvalue weighted by Gasteiger charge is 2.15. The van der Waals surface area contributed by atoms with Gasteiger partial charge in [0.15, 0.2) is 5.65 Å². The first kappa shape index (κ1) is 18.7. The molecule has 30 heavy (non-hydrogen) atoms. The number of fused-ring (bicyclic) bond motifs is 3. The van der Waals surface area contributed by atoms with E-state index in [0.29, 0.717) is 11.9 Å². The minimum Gasteiger partial charge on any atom is -0.378 e. The Labute approximate surface area is 175 Å². The van der Waals surface area contributed by atoms with Gasteiger partial charge in [-0.1, -0.05) is 13.8 Å². The Morgan fingerprint density at radius 2 is 1.87 bits per heavy atom. The predicted octanol–water partition coefficient (Wildman–Crippen LogP) is 3.68. The highest BCUT2D eigenvalue weighted by atomic mass is 16.5. The zero-order chi connectivity index (χ0) is 20.7. The van der Waals surface area contributed by atoms with Crippen molar-refractivity contribution in [3.05, 3.63) is 48.0 Å². The maximum atomic E-state index is 5.45. The Bertz CT molecular complexity index is 1210. The molecular weight excluding hydrogens is 378 g/mol. The molecule has 0 saturated carbocycles. The standard InChI is InChI=1S/C22H25N7O/c1-14(2)17-12-24-20-5-4-16-11-25-22(27-21(16)29(17)20)26-19-10-15(3)18(13-23-19)28-6-8-30-9-7-28/h4-5,10-14H,6-9H2,1-3H3,(H,23,25,26,27). The van der Waals surface area contributed by atoms with Gasteiger partial charge in [0, 0.05) is 36.6 Å². The zero-order valence-electron chi connectivity index (χ0n) is 17.5. The molecule has 1 aliphatic heterocycles. The van der Waals surface area contributed by atoms with Crippen LogP contribution in [0.3, 0.4) is 0 Å². The first-order valence-electron chi connectivity index (χ1n) is 10.3. The monoisotopic (exact) mass is 403 g/mol. The second-order valence-electron chi connectivity index (χ2n) is 7.92. The molecule has 1 N–H and O–H groups in total. The lowest BCUT2D eigenvalue weighted by Crippen LogP contribution is -2.36. The van der Waals surface area contributed by atoms with E-state index in [9.17, 15) is 0 Å². The number of hydrogen-bond acceptors (Lipinski definition) is 7. The summed E-state index contributed by atoms with van der Waals surface area (Å²) in [6.07, 6.45) is 5.67. The molecule has 154 valence electrons. The molecule has 5 heterocycles. The first-order valence-corrected chi connectivity index (χ1v) is 10.3. The third kappa shape index (κ3) is 3.33. The van der Waals surface area contributed by atoms with Crippen molar-refractivity contribution in [2.45, 2.75) is 26.7 Å². The molecule has 0 atom stereocenters. The molecule has 0 aromatic carbocycles. The van der Waals surface area contributed by atoms with Gasteiger partial charge >= 0.3 is 0 Å². The normalized spacial score (nSPS) is 14.7. The van der Waals surface area contributed by atoms with Gasteiger partial charge in [0.25, 0.3) is 0 Å². The number of nitrogens with zero attached hydrogens (tertiary/aromatic N) is 6. The van der Waals surface area contributed by atoms with E-state index in [0.717, 1.165) is 65.7 Å². The van der Waals surface area contributed by atoms with Crippen LogP contribution >= 0.6 is 0 Å². The number of hydrogen-bond donors (Lipinski definition) is 1. The minimum absolute atomic E-state index is 0.342. The van der Waals surface area contributed by atoms with Gasteiger partial charge in [-0.05, 0) is 36.6 Å². The van der Waals surface area contributed by atoms with Crippen molar-refractivity contribution in [2.75, 3.05) is 36.5 Å². The fourth-order valence-electron chi connectivity index (χ4n) is 3.91. The lowest BCUT2D eigenvalue weighted by atomic mass is 10.1. The van der Waals surface area contributed by atoms with E-state index in [-0.39, 0.29) is 0 Å². The molecule has 8 nitrogen and oxygen atoms in total. The number of morpholine rings is 1. The number of anilines is 3. The van der Waals surface area contributed by atoms with Gasteiger partial charge in [-0.25, -0.2) is 15.0 Å². The SMILES string of the molecule is Cc1cc(Nc2ncc3ccc4ncc(C(C)C)n4c3n2)ncc1N1CCOCC1. The molecule has 0 unspecified atom stereocenters. The third-order valence-electron chi connectivity index (χ3n) is 5.50. The average molecular weight is 403 g/mol. The van der Waals surface area contributed by atoms with Gasteiger partial charge in [-0.15, -0.1) is 0 Å². The highest BCUT2D eigenvalue weighted by molar-refractivity contribution is 5.79. The van der Waals surface area contributed by atoms with Crippen LogP contribution in [0.1, 0.15) is 31.0 Å². The van der Waals surface area contributed by atoms with Crippen molar-refractivity contribution in [1.29, 1.82) is 0 Å². The van der Waals surface area contributed by atoms with Gasteiger partial charge < -0.3 is 15.0 Å². The lowest BCUT2D eigenvalue weighted by molar-refractivity contribution is 0.122. The molecule has 0 amide bonds. The van der Waals surface area contributed by atoms with Crippen LogP contribution in [0.5, 0.6) is 0 Å². The van der Waals surface area contributed by atoms with E-state index < -0.39 is 0 Å². The van der Waals surface area contributed by atoms with E-state index in [1.54, 1.807) is 0 Å². The maximum absolute atomic E-state index is 5.45. The van der Waals surface area contributed by atoms with Gasteiger partial charge in [-0.2, -0.15) is 4.98 Å². The van der Waals surface area contributed by atoms with Crippen LogP contribution < -0.4 is 10.2 Å². The first-order chi connectivity index (χ1) is 14.6. The van der Waals surface area contributed by atoms with Crippen LogP contribution in [0.2, 0.25) is 0 Å². The number of aromatic nitrogens is 5. The molecule has 1 saturated heterocycles. The van der Waals surface area contributed by atoms with Crippen molar-refractivity contribution in [1.82, 2.24) is 24.3 Å². The van der Waals surface area contributed by atoms with Gasteiger partial charge in [0.05, 0.1) is 25.1 Å². The second-order valence-corrected chi connectivity index (χ2v) is 7.92. The lowest BCUT2D eigenvalue weighted by Gasteiger charge is -2.29. The third-order valence-corrected chi connectivity index (χ3v) is 5.50. The summed E-state index contributed by atoms with van der Waals surface area (Å²) in [6.45, 7) is 9.71. The summed E-state index contributed by atoms with van der Waals surface area (Å²) in [4.78, 5) is 20.7. The minimum atomic E-state index is 0.342. The summed E-state index contributed by atoms with van der Waals surface area (Å²) >= 11 is 0. The Morgan fingerprint density at radius 1 is 1.03 bits per heavy atom. The van der Waals surface area contributed by atoms with E-state index >= 15 is 0 Å². The van der Waals surface area contributed by atoms with Crippen LogP contribution in [0.4, 0.5) is 17.5 Å². The fourth-order valence-corrected chi connectivity index (χ4v) is 3.91. The smallest absolute Gasteiger partial charge is 0.230 e. The van der Waals surface area contributed by atoms with Crippen molar-refractivity contribution >= 4 is 34.1 Å². The quantitative estimate of drug-likeness (QED) is 0.557. The summed E-state index contributed by atoms with van der Waals surface area (Å²) in [5.74, 6) is 1.59. The fraction of sp³-hybridized carbons (Fsp3) is 0.364. The summed E-state index contributed by atoms with van der Waals surface area (Å²) in [5.41, 5.74) is 5.16. The Morgan fingerprint density at radius 3 is 2.63 bits per heavy atom. The molecule has 4 aromatic rings. The van der Waals surface area contributed by atoms with Gasteiger partial charge in [0.2, 0.25) is 5.95 Å². The number of imidazole rings is 1. The highest BCUT2D eigenvalue weighted by Crippen LogP contribution is 2.25. The molecule has 4 aromatic heterocycles. The molecule has 1 fully saturated rings. The molecule has 0 aliphatic carbocycles. The second kappa shape index (κ2) is 7.53. The van der Waals surface area contributed by atoms with E-state index in [1.807, 2.05) is 36.8 Å². The summed E-state index contributed by atoms with van der Waals surface area (Å²) in [6, 6.07) is 6.04. The number of pyridine rings is 2. The predicted molar refractivity (Wildman–Crippen MR) is 118 cm³/mol. The molecule has 0 radical (unpaired) electrons. The van der Waals surface area contributed by atoms with Crippen LogP contribution in [0.15, 0.2) is 36.8 Å². The summed E-state index contributed by atoms with van der Waals surface area (Å²) < 4.78 is 7.55. The number of rotatable bonds is 4. The molecular formula is C22H25N7O.